The monoisotopic (exact) mass is 309 g/mol. The average molecular weight is 310 g/mol. The molecule has 0 unspecified atom stereocenters. The summed E-state index contributed by atoms with van der Waals surface area (Å²) in [5, 5.41) is 3.43. The van der Waals surface area contributed by atoms with Gasteiger partial charge in [-0.1, -0.05) is 13.3 Å². The third kappa shape index (κ3) is 2.40. The van der Waals surface area contributed by atoms with Gasteiger partial charge in [0, 0.05) is 18.4 Å². The molecular formula is C14H20BrN3. The molecule has 2 aliphatic carbocycles. The Balaban J connectivity index is 1.91. The van der Waals surface area contributed by atoms with Crippen molar-refractivity contribution in [1.29, 1.82) is 0 Å². The van der Waals surface area contributed by atoms with Crippen molar-refractivity contribution < 1.29 is 0 Å². The zero-order valence-corrected chi connectivity index (χ0v) is 12.5. The Hall–Kier alpha value is -0.640. The highest BCUT2D eigenvalue weighted by Crippen LogP contribution is 2.45. The second kappa shape index (κ2) is 5.16. The van der Waals surface area contributed by atoms with Gasteiger partial charge in [0.05, 0.1) is 10.2 Å². The van der Waals surface area contributed by atoms with Gasteiger partial charge in [0.15, 0.2) is 0 Å². The van der Waals surface area contributed by atoms with Crippen LogP contribution in [0, 0.1) is 0 Å². The van der Waals surface area contributed by atoms with E-state index in [1.165, 1.54) is 37.8 Å². The van der Waals surface area contributed by atoms with Crippen LogP contribution in [0.25, 0.3) is 0 Å². The maximum absolute atomic E-state index is 4.83. The zero-order valence-electron chi connectivity index (χ0n) is 10.9. The molecule has 3 nitrogen and oxygen atoms in total. The molecule has 0 atom stereocenters. The summed E-state index contributed by atoms with van der Waals surface area (Å²) in [6.07, 6.45) is 7.55. The molecule has 1 N–H and O–H groups in total. The highest BCUT2D eigenvalue weighted by Gasteiger charge is 2.31. The van der Waals surface area contributed by atoms with Gasteiger partial charge in [-0.3, -0.25) is 0 Å². The lowest BCUT2D eigenvalue weighted by Gasteiger charge is -2.25. The van der Waals surface area contributed by atoms with Gasteiger partial charge in [-0.05, 0) is 48.0 Å². The lowest BCUT2D eigenvalue weighted by molar-refractivity contribution is 0.400. The molecule has 3 rings (SSSR count). The van der Waals surface area contributed by atoms with E-state index in [1.807, 2.05) is 0 Å². The lowest BCUT2D eigenvalue weighted by atomic mass is 9.85. The van der Waals surface area contributed by atoms with Gasteiger partial charge in [-0.2, -0.15) is 0 Å². The summed E-state index contributed by atoms with van der Waals surface area (Å²) in [6, 6.07) is 0. The number of rotatable bonds is 5. The average Bonchev–Trinajstić information content (AvgIpc) is 3.11. The van der Waals surface area contributed by atoms with Gasteiger partial charge < -0.3 is 5.32 Å². The van der Waals surface area contributed by atoms with E-state index >= 15 is 0 Å². The lowest BCUT2D eigenvalue weighted by Crippen LogP contribution is -2.16. The van der Waals surface area contributed by atoms with Crippen LogP contribution in [0.3, 0.4) is 0 Å². The van der Waals surface area contributed by atoms with E-state index in [4.69, 9.17) is 9.97 Å². The molecular weight excluding hydrogens is 290 g/mol. The Morgan fingerprint density at radius 2 is 1.94 bits per heavy atom. The summed E-state index contributed by atoms with van der Waals surface area (Å²) in [5.41, 5.74) is 1.24. The van der Waals surface area contributed by atoms with Gasteiger partial charge in [-0.15, -0.1) is 0 Å². The maximum atomic E-state index is 4.83. The van der Waals surface area contributed by atoms with E-state index in [1.54, 1.807) is 0 Å². The Kier molecular flexibility index (Phi) is 3.55. The minimum atomic E-state index is 0.609. The van der Waals surface area contributed by atoms with Crippen LogP contribution in [-0.2, 0) is 0 Å². The minimum absolute atomic E-state index is 0.609. The quantitative estimate of drug-likeness (QED) is 0.885. The fraction of sp³-hybridized carbons (Fsp3) is 0.714. The van der Waals surface area contributed by atoms with Crippen molar-refractivity contribution >= 4 is 21.7 Å². The van der Waals surface area contributed by atoms with Gasteiger partial charge >= 0.3 is 0 Å². The molecule has 2 fully saturated rings. The first-order valence-electron chi connectivity index (χ1n) is 7.10. The second-order valence-corrected chi connectivity index (χ2v) is 6.25. The van der Waals surface area contributed by atoms with E-state index in [0.29, 0.717) is 11.8 Å². The molecule has 0 spiro atoms. The normalized spacial score (nSPS) is 19.7. The minimum Gasteiger partial charge on any atom is -0.369 e. The number of anilines is 1. The molecule has 1 aromatic heterocycles. The number of nitrogens with one attached hydrogen (secondary N) is 1. The molecule has 0 aliphatic heterocycles. The van der Waals surface area contributed by atoms with E-state index in [2.05, 4.69) is 28.2 Å². The summed E-state index contributed by atoms with van der Waals surface area (Å²) in [7, 11) is 0. The molecule has 98 valence electrons. The first-order chi connectivity index (χ1) is 8.79. The van der Waals surface area contributed by atoms with E-state index < -0.39 is 0 Å². The third-order valence-corrected chi connectivity index (χ3v) is 4.65. The van der Waals surface area contributed by atoms with Crippen molar-refractivity contribution in [2.75, 3.05) is 11.9 Å². The first kappa shape index (κ1) is 12.4. The second-order valence-electron chi connectivity index (χ2n) is 5.46. The fourth-order valence-electron chi connectivity index (χ4n) is 2.32. The number of nitrogens with zero attached hydrogens (tertiary/aromatic N) is 2. The zero-order chi connectivity index (χ0) is 12.5. The van der Waals surface area contributed by atoms with Crippen LogP contribution < -0.4 is 5.32 Å². The van der Waals surface area contributed by atoms with Crippen LogP contribution in [0.5, 0.6) is 0 Å². The molecule has 0 radical (unpaired) electrons. The molecule has 4 heteroatoms. The van der Waals surface area contributed by atoms with Gasteiger partial charge in [0.25, 0.3) is 0 Å². The summed E-state index contributed by atoms with van der Waals surface area (Å²) >= 11 is 3.69. The van der Waals surface area contributed by atoms with Gasteiger partial charge in [0.2, 0.25) is 0 Å². The van der Waals surface area contributed by atoms with Crippen molar-refractivity contribution in [3.63, 3.8) is 0 Å². The van der Waals surface area contributed by atoms with Crippen LogP contribution >= 0.6 is 15.9 Å². The highest BCUT2D eigenvalue weighted by atomic mass is 79.9. The number of aromatic nitrogens is 2. The number of halogens is 1. The summed E-state index contributed by atoms with van der Waals surface area (Å²) in [5.74, 6) is 3.36. The molecule has 0 amide bonds. The van der Waals surface area contributed by atoms with Crippen LogP contribution in [0.1, 0.15) is 68.8 Å². The van der Waals surface area contributed by atoms with Crippen molar-refractivity contribution in [3.05, 3.63) is 16.0 Å². The van der Waals surface area contributed by atoms with E-state index in [9.17, 15) is 0 Å². The molecule has 1 heterocycles. The van der Waals surface area contributed by atoms with Crippen molar-refractivity contribution in [3.8, 4) is 0 Å². The molecule has 2 saturated carbocycles. The molecule has 18 heavy (non-hydrogen) atoms. The Bertz CT molecular complexity index is 439. The number of hydrogen-bond donors (Lipinski definition) is 1. The molecule has 2 aliphatic rings. The highest BCUT2D eigenvalue weighted by molar-refractivity contribution is 9.10. The Labute approximate surface area is 117 Å². The standard InChI is InChI=1S/C14H20BrN3/c1-2-8-16-14-11(15)12(9-6-7-9)17-13(18-14)10-4-3-5-10/h9-10H,2-8H2,1H3,(H,16,17,18). The predicted octanol–water partition coefficient (Wildman–Crippen LogP) is 4.21. The SMILES string of the molecule is CCCNc1nc(C2CCC2)nc(C2CC2)c1Br. The van der Waals surface area contributed by atoms with E-state index in [-0.39, 0.29) is 0 Å². The van der Waals surface area contributed by atoms with Crippen LogP contribution in [-0.4, -0.2) is 16.5 Å². The first-order valence-corrected chi connectivity index (χ1v) is 7.90. The van der Waals surface area contributed by atoms with Crippen molar-refractivity contribution in [1.82, 2.24) is 9.97 Å². The summed E-state index contributed by atoms with van der Waals surface area (Å²) < 4.78 is 1.10. The molecule has 0 bridgehead atoms. The Morgan fingerprint density at radius 1 is 1.17 bits per heavy atom. The van der Waals surface area contributed by atoms with Crippen LogP contribution in [0.4, 0.5) is 5.82 Å². The molecule has 0 saturated heterocycles. The summed E-state index contributed by atoms with van der Waals surface area (Å²) in [6.45, 7) is 3.15. The van der Waals surface area contributed by atoms with Crippen molar-refractivity contribution in [2.45, 2.75) is 57.3 Å². The van der Waals surface area contributed by atoms with Crippen molar-refractivity contribution in [2.24, 2.45) is 0 Å². The Morgan fingerprint density at radius 3 is 2.50 bits per heavy atom. The molecule has 1 aromatic rings. The topological polar surface area (TPSA) is 37.8 Å². The van der Waals surface area contributed by atoms with Crippen LogP contribution in [0.15, 0.2) is 4.47 Å². The fourth-order valence-corrected chi connectivity index (χ4v) is 2.96. The molecule has 0 aromatic carbocycles. The van der Waals surface area contributed by atoms with Gasteiger partial charge in [-0.25, -0.2) is 9.97 Å². The van der Waals surface area contributed by atoms with Gasteiger partial charge in [0.1, 0.15) is 11.6 Å². The maximum Gasteiger partial charge on any atom is 0.144 e. The smallest absolute Gasteiger partial charge is 0.144 e. The number of hydrogen-bond acceptors (Lipinski definition) is 3. The predicted molar refractivity (Wildman–Crippen MR) is 77.1 cm³/mol. The van der Waals surface area contributed by atoms with Crippen LogP contribution in [0.2, 0.25) is 0 Å². The van der Waals surface area contributed by atoms with E-state index in [0.717, 1.165) is 29.1 Å². The largest absolute Gasteiger partial charge is 0.369 e. The third-order valence-electron chi connectivity index (χ3n) is 3.87. The summed E-state index contributed by atoms with van der Waals surface area (Å²) in [4.78, 5) is 9.56.